The quantitative estimate of drug-likeness (QED) is 0.764. The number of rotatable bonds is 6. The number of carbonyl (C=O) groups excluding carboxylic acids is 1. The summed E-state index contributed by atoms with van der Waals surface area (Å²) in [6, 6.07) is -0.344. The van der Waals surface area contributed by atoms with Gasteiger partial charge in [-0.05, 0) is 18.8 Å². The lowest BCUT2D eigenvalue weighted by atomic mass is 10.0. The van der Waals surface area contributed by atoms with E-state index in [1.54, 1.807) is 0 Å². The third kappa shape index (κ3) is 3.53. The van der Waals surface area contributed by atoms with Gasteiger partial charge >= 0.3 is 6.03 Å². The molecule has 2 aromatic rings. The van der Waals surface area contributed by atoms with Crippen LogP contribution in [-0.2, 0) is 6.42 Å². The monoisotopic (exact) mass is 290 g/mol. The van der Waals surface area contributed by atoms with E-state index in [0.29, 0.717) is 0 Å². The molecule has 0 atom stereocenters. The van der Waals surface area contributed by atoms with Crippen molar-refractivity contribution in [2.45, 2.75) is 58.8 Å². The van der Waals surface area contributed by atoms with Gasteiger partial charge in [0.25, 0.3) is 0 Å². The number of nitrogens with zero attached hydrogens (tertiary/aromatic N) is 6. The van der Waals surface area contributed by atoms with Gasteiger partial charge in [0.05, 0.1) is 23.8 Å². The lowest BCUT2D eigenvalue weighted by molar-refractivity contribution is 0.236. The fourth-order valence-corrected chi connectivity index (χ4v) is 2.34. The summed E-state index contributed by atoms with van der Waals surface area (Å²) < 4.78 is 2.51. The minimum absolute atomic E-state index is 0.175. The van der Waals surface area contributed by atoms with E-state index in [0.717, 1.165) is 24.2 Å². The Hall–Kier alpha value is -2.05. The molecule has 21 heavy (non-hydrogen) atoms. The first-order valence-corrected chi connectivity index (χ1v) is 7.50. The van der Waals surface area contributed by atoms with Gasteiger partial charge in [0.15, 0.2) is 0 Å². The van der Waals surface area contributed by atoms with Crippen molar-refractivity contribution in [3.63, 3.8) is 0 Å². The lowest BCUT2D eigenvalue weighted by Gasteiger charge is -2.09. The van der Waals surface area contributed by atoms with Gasteiger partial charge in [0, 0.05) is 0 Å². The maximum atomic E-state index is 12.3. The van der Waals surface area contributed by atoms with Gasteiger partial charge in [0.2, 0.25) is 0 Å². The first-order chi connectivity index (χ1) is 10.1. The normalized spacial score (nSPS) is 11.2. The summed E-state index contributed by atoms with van der Waals surface area (Å²) in [4.78, 5) is 12.3. The number of unbranched alkanes of at least 4 members (excludes halogenated alkanes) is 3. The Labute approximate surface area is 124 Å². The zero-order valence-electron chi connectivity index (χ0n) is 12.9. The molecule has 0 saturated heterocycles. The maximum Gasteiger partial charge on any atom is 0.372 e. The van der Waals surface area contributed by atoms with Crippen LogP contribution in [0.4, 0.5) is 4.79 Å². The van der Waals surface area contributed by atoms with Crippen molar-refractivity contribution >= 4 is 6.03 Å². The van der Waals surface area contributed by atoms with E-state index in [2.05, 4.69) is 27.5 Å². The smallest absolute Gasteiger partial charge is 0.243 e. The van der Waals surface area contributed by atoms with Crippen LogP contribution in [0.5, 0.6) is 0 Å². The zero-order chi connectivity index (χ0) is 15.2. The van der Waals surface area contributed by atoms with E-state index in [1.807, 2.05) is 13.8 Å². The van der Waals surface area contributed by atoms with Crippen LogP contribution in [0, 0.1) is 0 Å². The molecule has 2 aromatic heterocycles. The van der Waals surface area contributed by atoms with Crippen LogP contribution in [0.15, 0.2) is 12.4 Å². The summed E-state index contributed by atoms with van der Waals surface area (Å²) in [5.74, 6) is 0.175. The van der Waals surface area contributed by atoms with E-state index in [9.17, 15) is 4.79 Å². The van der Waals surface area contributed by atoms with Crippen molar-refractivity contribution < 1.29 is 4.79 Å². The first kappa shape index (κ1) is 15.3. The van der Waals surface area contributed by atoms with E-state index in [1.165, 1.54) is 41.0 Å². The van der Waals surface area contributed by atoms with Crippen molar-refractivity contribution in [3.8, 4) is 0 Å². The number of hydrogen-bond acceptors (Lipinski definition) is 5. The van der Waals surface area contributed by atoms with Gasteiger partial charge in [-0.1, -0.05) is 50.5 Å². The fraction of sp³-hybridized carbons (Fsp3) is 0.643. The van der Waals surface area contributed by atoms with Gasteiger partial charge in [-0.25, -0.2) is 4.79 Å². The molecule has 114 valence electrons. The second-order valence-electron chi connectivity index (χ2n) is 5.43. The van der Waals surface area contributed by atoms with Gasteiger partial charge in [-0.2, -0.15) is 9.36 Å². The molecule has 2 rings (SSSR count). The molecule has 0 radical (unpaired) electrons. The highest BCUT2D eigenvalue weighted by molar-refractivity contribution is 5.78. The van der Waals surface area contributed by atoms with E-state index >= 15 is 0 Å². The van der Waals surface area contributed by atoms with Crippen molar-refractivity contribution in [2.24, 2.45) is 0 Å². The Balaban J connectivity index is 2.18. The molecule has 0 spiro atoms. The summed E-state index contributed by atoms with van der Waals surface area (Å²) in [5.41, 5.74) is 1.78. The third-order valence-electron chi connectivity index (χ3n) is 3.39. The molecule has 7 heteroatoms. The molecule has 2 heterocycles. The van der Waals surface area contributed by atoms with Crippen LogP contribution in [0.25, 0.3) is 0 Å². The van der Waals surface area contributed by atoms with Crippen molar-refractivity contribution in [2.75, 3.05) is 0 Å². The van der Waals surface area contributed by atoms with Gasteiger partial charge in [-0.3, -0.25) is 0 Å². The topological polar surface area (TPSA) is 78.5 Å². The molecule has 0 N–H and O–H groups in total. The number of aryl methyl sites for hydroxylation is 1. The minimum Gasteiger partial charge on any atom is -0.243 e. The van der Waals surface area contributed by atoms with Crippen LogP contribution < -0.4 is 0 Å². The second-order valence-corrected chi connectivity index (χ2v) is 5.43. The summed E-state index contributed by atoms with van der Waals surface area (Å²) in [6.45, 7) is 6.27. The molecule has 7 nitrogen and oxygen atoms in total. The standard InChI is InChI=1S/C14H22N6O/c1-4-5-6-7-8-12-13(11(2)3)20(18-16-12)14(21)19-10-9-15-17-19/h9-11H,4-8H2,1-3H3. The lowest BCUT2D eigenvalue weighted by Crippen LogP contribution is -2.24. The molecular weight excluding hydrogens is 268 g/mol. The Morgan fingerprint density at radius 2 is 2.05 bits per heavy atom. The van der Waals surface area contributed by atoms with Gasteiger partial charge in [0.1, 0.15) is 0 Å². The van der Waals surface area contributed by atoms with Crippen molar-refractivity contribution in [1.29, 1.82) is 0 Å². The highest BCUT2D eigenvalue weighted by Crippen LogP contribution is 2.20. The predicted octanol–water partition coefficient (Wildman–Crippen LogP) is 2.63. The average molecular weight is 290 g/mol. The SMILES string of the molecule is CCCCCCc1nnn(C(=O)n2ccnn2)c1C(C)C. The van der Waals surface area contributed by atoms with Crippen LogP contribution in [0.2, 0.25) is 0 Å². The third-order valence-corrected chi connectivity index (χ3v) is 3.39. The Bertz CT molecular complexity index is 572. The largest absolute Gasteiger partial charge is 0.372 e. The fourth-order valence-electron chi connectivity index (χ4n) is 2.34. The average Bonchev–Trinajstić information content (AvgIpc) is 3.12. The Kier molecular flexibility index (Phi) is 5.19. The summed E-state index contributed by atoms with van der Waals surface area (Å²) in [6.07, 6.45) is 8.52. The molecule has 0 bridgehead atoms. The molecule has 0 aromatic carbocycles. The van der Waals surface area contributed by atoms with E-state index in [4.69, 9.17) is 0 Å². The number of aromatic nitrogens is 6. The minimum atomic E-state index is -0.344. The molecular formula is C14H22N6O. The summed E-state index contributed by atoms with van der Waals surface area (Å²) >= 11 is 0. The van der Waals surface area contributed by atoms with Crippen LogP contribution in [0.3, 0.4) is 0 Å². The Morgan fingerprint density at radius 1 is 1.24 bits per heavy atom. The van der Waals surface area contributed by atoms with Crippen molar-refractivity contribution in [3.05, 3.63) is 23.8 Å². The number of hydrogen-bond donors (Lipinski definition) is 0. The van der Waals surface area contributed by atoms with E-state index in [-0.39, 0.29) is 11.9 Å². The molecule has 0 amide bonds. The first-order valence-electron chi connectivity index (χ1n) is 7.50. The van der Waals surface area contributed by atoms with Gasteiger partial charge < -0.3 is 0 Å². The zero-order valence-corrected chi connectivity index (χ0v) is 12.9. The van der Waals surface area contributed by atoms with Crippen LogP contribution in [0.1, 0.15) is 63.8 Å². The molecule has 0 unspecified atom stereocenters. The maximum absolute atomic E-state index is 12.3. The van der Waals surface area contributed by atoms with Crippen LogP contribution >= 0.6 is 0 Å². The Morgan fingerprint density at radius 3 is 2.67 bits per heavy atom. The predicted molar refractivity (Wildman–Crippen MR) is 78.2 cm³/mol. The van der Waals surface area contributed by atoms with Crippen LogP contribution in [-0.4, -0.2) is 36.0 Å². The van der Waals surface area contributed by atoms with E-state index < -0.39 is 0 Å². The highest BCUT2D eigenvalue weighted by Gasteiger charge is 2.21. The summed E-state index contributed by atoms with van der Waals surface area (Å²) in [7, 11) is 0. The molecule has 0 fully saturated rings. The highest BCUT2D eigenvalue weighted by atomic mass is 16.2. The molecule has 0 saturated carbocycles. The summed E-state index contributed by atoms with van der Waals surface area (Å²) in [5, 5.41) is 15.6. The number of carbonyl (C=O) groups is 1. The molecule has 0 aliphatic carbocycles. The molecule has 0 aliphatic heterocycles. The second kappa shape index (κ2) is 7.10. The molecule has 0 aliphatic rings. The van der Waals surface area contributed by atoms with Crippen molar-refractivity contribution in [1.82, 2.24) is 30.0 Å². The van der Waals surface area contributed by atoms with Gasteiger partial charge in [-0.15, -0.1) is 10.2 Å².